The fourth-order valence-corrected chi connectivity index (χ4v) is 6.27. The monoisotopic (exact) mass is 637 g/mol. The Morgan fingerprint density at radius 1 is 1.27 bits per heavy atom. The van der Waals surface area contributed by atoms with Crippen molar-refractivity contribution in [2.45, 2.75) is 50.8 Å². The molecule has 0 radical (unpaired) electrons. The van der Waals surface area contributed by atoms with E-state index in [0.29, 0.717) is 29.2 Å². The zero-order valence-corrected chi connectivity index (χ0v) is 25.6. The number of benzene rings is 2. The number of nitriles is 1. The van der Waals surface area contributed by atoms with Crippen LogP contribution in [0.4, 0.5) is 13.6 Å². The average molecular weight is 638 g/mol. The van der Waals surface area contributed by atoms with Gasteiger partial charge in [-0.3, -0.25) is 4.79 Å². The quantitative estimate of drug-likeness (QED) is 0.213. The summed E-state index contributed by atoms with van der Waals surface area (Å²) >= 11 is 1.25. The van der Waals surface area contributed by atoms with Crippen LogP contribution in [0.2, 0.25) is 0 Å². The highest BCUT2D eigenvalue weighted by molar-refractivity contribution is 7.10. The van der Waals surface area contributed by atoms with Crippen LogP contribution in [0.25, 0.3) is 11.3 Å². The van der Waals surface area contributed by atoms with Crippen molar-refractivity contribution in [1.82, 2.24) is 19.7 Å². The molecule has 2 aromatic heterocycles. The summed E-state index contributed by atoms with van der Waals surface area (Å²) < 4.78 is 43.0. The van der Waals surface area contributed by atoms with Gasteiger partial charge in [0.2, 0.25) is 6.33 Å². The number of hydrogen-bond donors (Lipinski definition) is 1. The Hall–Kier alpha value is -4.74. The van der Waals surface area contributed by atoms with E-state index in [0.717, 1.165) is 30.2 Å². The first-order valence-corrected chi connectivity index (χ1v) is 15.0. The SMILES string of the molecule is CC(=O)OC[C@@H]1CCCN1C(=O)Oc1nn(C[C@](O)(c2cc(F)ccc2F)[C@@H](C)c2nc(-c3ccc(C#N)cc3)cs2)c[n+]1C. The van der Waals surface area contributed by atoms with Gasteiger partial charge in [0.05, 0.1) is 40.5 Å². The lowest BCUT2D eigenvalue weighted by atomic mass is 9.82. The first-order chi connectivity index (χ1) is 21.5. The molecule has 14 heteroatoms. The molecule has 1 saturated heterocycles. The van der Waals surface area contributed by atoms with E-state index in [9.17, 15) is 19.1 Å². The number of hydrogen-bond acceptors (Lipinski definition) is 9. The zero-order chi connectivity index (χ0) is 32.3. The van der Waals surface area contributed by atoms with Crippen molar-refractivity contribution in [2.24, 2.45) is 7.05 Å². The number of likely N-dealkylation sites (tertiary alicyclic amines) is 1. The molecule has 1 aliphatic rings. The van der Waals surface area contributed by atoms with E-state index in [1.54, 1.807) is 43.6 Å². The maximum atomic E-state index is 15.3. The van der Waals surface area contributed by atoms with Crippen molar-refractivity contribution < 1.29 is 37.5 Å². The predicted octanol–water partition coefficient (Wildman–Crippen LogP) is 4.20. The second-order valence-corrected chi connectivity index (χ2v) is 11.8. The van der Waals surface area contributed by atoms with Gasteiger partial charge in [-0.05, 0) is 43.2 Å². The number of carbonyl (C=O) groups is 2. The average Bonchev–Trinajstić information content (AvgIpc) is 3.77. The van der Waals surface area contributed by atoms with E-state index in [-0.39, 0.29) is 30.8 Å². The Morgan fingerprint density at radius 2 is 2.02 bits per heavy atom. The van der Waals surface area contributed by atoms with Crippen LogP contribution in [-0.4, -0.2) is 56.0 Å². The lowest BCUT2D eigenvalue weighted by Gasteiger charge is -2.32. The fourth-order valence-electron chi connectivity index (χ4n) is 5.29. The largest absolute Gasteiger partial charge is 0.476 e. The third-order valence-electron chi connectivity index (χ3n) is 7.81. The van der Waals surface area contributed by atoms with Crippen molar-refractivity contribution in [1.29, 1.82) is 5.26 Å². The molecule has 0 bridgehead atoms. The topological polar surface area (TPSA) is 134 Å². The van der Waals surface area contributed by atoms with E-state index < -0.39 is 35.2 Å². The summed E-state index contributed by atoms with van der Waals surface area (Å²) in [5.74, 6) is -2.84. The van der Waals surface area contributed by atoms with Crippen LogP contribution >= 0.6 is 11.3 Å². The van der Waals surface area contributed by atoms with Gasteiger partial charge < -0.3 is 19.5 Å². The highest BCUT2D eigenvalue weighted by Gasteiger charge is 2.44. The molecule has 5 rings (SSSR count). The number of aliphatic hydroxyl groups is 1. The van der Waals surface area contributed by atoms with E-state index >= 15 is 4.39 Å². The Kier molecular flexibility index (Phi) is 9.21. The standard InChI is InChI=1S/C31H31F2N6O5S/c1-19(28-35-27(16-45-28)22-8-6-21(14-34)7-9-22)31(42,25-13-23(32)10-11-26(25)33)17-38-18-37(3)29(36-38)44-30(41)39-12-4-5-24(39)15-43-20(2)40/h6-11,13,16,18-19,24,42H,4-5,12,15,17H2,1-3H3/q+1/t19-,24-,31+/m0/s1. The number of ether oxygens (including phenoxy) is 2. The van der Waals surface area contributed by atoms with Gasteiger partial charge in [0.25, 0.3) is 0 Å². The third-order valence-corrected chi connectivity index (χ3v) is 8.84. The molecule has 0 saturated carbocycles. The lowest BCUT2D eigenvalue weighted by molar-refractivity contribution is -0.676. The van der Waals surface area contributed by atoms with Crippen molar-refractivity contribution in [3.63, 3.8) is 0 Å². The summed E-state index contributed by atoms with van der Waals surface area (Å²) in [4.78, 5) is 30.4. The first-order valence-electron chi connectivity index (χ1n) is 14.2. The van der Waals surface area contributed by atoms with E-state index in [1.807, 2.05) is 0 Å². The molecule has 3 atom stereocenters. The Morgan fingerprint density at radius 3 is 2.73 bits per heavy atom. The highest BCUT2D eigenvalue weighted by Crippen LogP contribution is 2.41. The fraction of sp³-hybridized carbons (Fsp3) is 0.355. The molecule has 11 nitrogen and oxygen atoms in total. The third kappa shape index (κ3) is 6.84. The van der Waals surface area contributed by atoms with Gasteiger partial charge >= 0.3 is 18.1 Å². The van der Waals surface area contributed by atoms with Gasteiger partial charge in [0.1, 0.15) is 30.4 Å². The van der Waals surface area contributed by atoms with Crippen molar-refractivity contribution >= 4 is 23.4 Å². The molecule has 234 valence electrons. The van der Waals surface area contributed by atoms with Gasteiger partial charge in [-0.1, -0.05) is 19.1 Å². The lowest BCUT2D eigenvalue weighted by Crippen LogP contribution is -2.42. The second kappa shape index (κ2) is 13.1. The summed E-state index contributed by atoms with van der Waals surface area (Å²) in [6.45, 7) is 3.09. The summed E-state index contributed by atoms with van der Waals surface area (Å²) in [7, 11) is 1.59. The minimum atomic E-state index is -2.05. The minimum Gasteiger partial charge on any atom is -0.464 e. The second-order valence-electron chi connectivity index (χ2n) is 10.9. The molecule has 1 N–H and O–H groups in total. The molecule has 1 aliphatic heterocycles. The van der Waals surface area contributed by atoms with Gasteiger partial charge in [-0.2, -0.15) is 5.26 Å². The molecule has 0 aliphatic carbocycles. The number of esters is 1. The van der Waals surface area contributed by atoms with E-state index in [1.165, 1.54) is 38.7 Å². The normalized spacial score (nSPS) is 16.6. The number of carbonyl (C=O) groups excluding carboxylic acids is 2. The number of rotatable bonds is 9. The summed E-state index contributed by atoms with van der Waals surface area (Å²) in [5.41, 5.74) is -0.480. The van der Waals surface area contributed by atoms with Crippen molar-refractivity contribution in [3.05, 3.63) is 81.9 Å². The molecule has 3 heterocycles. The molecular weight excluding hydrogens is 606 g/mol. The minimum absolute atomic E-state index is 0.0543. The molecule has 0 spiro atoms. The van der Waals surface area contributed by atoms with Crippen LogP contribution in [0.15, 0.2) is 54.2 Å². The van der Waals surface area contributed by atoms with Gasteiger partial charge in [-0.15, -0.1) is 16.0 Å². The summed E-state index contributed by atoms with van der Waals surface area (Å²) in [5, 5.41) is 27.9. The van der Waals surface area contributed by atoms with Crippen LogP contribution in [0.1, 0.15) is 48.7 Å². The van der Waals surface area contributed by atoms with Crippen molar-refractivity contribution in [2.75, 3.05) is 13.2 Å². The first kappa shape index (κ1) is 31.7. The van der Waals surface area contributed by atoms with Gasteiger partial charge in [-0.25, -0.2) is 23.1 Å². The number of aryl methyl sites for hydroxylation is 1. The Balaban J connectivity index is 1.42. The Labute approximate surface area is 261 Å². The number of thiazole rings is 1. The smallest absolute Gasteiger partial charge is 0.464 e. The molecule has 0 unspecified atom stereocenters. The number of aromatic nitrogens is 4. The van der Waals surface area contributed by atoms with Crippen LogP contribution in [-0.2, 0) is 28.7 Å². The molecule has 4 aromatic rings. The predicted molar refractivity (Wildman–Crippen MR) is 157 cm³/mol. The van der Waals surface area contributed by atoms with Gasteiger partial charge in [0, 0.05) is 35.9 Å². The number of halogens is 2. The maximum absolute atomic E-state index is 15.3. The summed E-state index contributed by atoms with van der Waals surface area (Å²) in [6, 6.07) is 11.4. The van der Waals surface area contributed by atoms with Gasteiger partial charge in [0.15, 0.2) is 0 Å². The molecule has 1 amide bonds. The molecule has 45 heavy (non-hydrogen) atoms. The summed E-state index contributed by atoms with van der Waals surface area (Å²) in [6.07, 6.45) is 2.15. The van der Waals surface area contributed by atoms with Crippen LogP contribution < -0.4 is 9.30 Å². The van der Waals surface area contributed by atoms with Crippen LogP contribution in [0.5, 0.6) is 6.01 Å². The molecule has 2 aromatic carbocycles. The highest BCUT2D eigenvalue weighted by atomic mass is 32.1. The van der Waals surface area contributed by atoms with Crippen LogP contribution in [0.3, 0.4) is 0 Å². The molecule has 1 fully saturated rings. The molecular formula is C31H31F2N6O5S+. The number of nitrogens with zero attached hydrogens (tertiary/aromatic N) is 6. The van der Waals surface area contributed by atoms with Crippen molar-refractivity contribution in [3.8, 4) is 23.3 Å². The Bertz CT molecular complexity index is 1750. The van der Waals surface area contributed by atoms with Crippen LogP contribution in [0, 0.1) is 23.0 Å². The zero-order valence-electron chi connectivity index (χ0n) is 24.8. The van der Waals surface area contributed by atoms with E-state index in [2.05, 4.69) is 16.2 Å². The number of amides is 1. The maximum Gasteiger partial charge on any atom is 0.476 e. The van der Waals surface area contributed by atoms with E-state index in [4.69, 9.17) is 14.7 Å².